The van der Waals surface area contributed by atoms with Gasteiger partial charge in [0.25, 0.3) is 0 Å². The average molecular weight is 350 g/mol. The minimum atomic E-state index is -1.41. The summed E-state index contributed by atoms with van der Waals surface area (Å²) in [5, 5.41) is 21.7. The number of rotatable bonds is 5. The number of carbonyl (C=O) groups is 1. The molecule has 5 nitrogen and oxygen atoms in total. The first-order valence-corrected chi connectivity index (χ1v) is 8.51. The second-order valence-corrected chi connectivity index (χ2v) is 6.19. The van der Waals surface area contributed by atoms with Gasteiger partial charge in [-0.2, -0.15) is 0 Å². The van der Waals surface area contributed by atoms with E-state index in [1.165, 1.54) is 0 Å². The summed E-state index contributed by atoms with van der Waals surface area (Å²) in [5.41, 5.74) is 3.68. The molecule has 1 N–H and O–H groups in total. The number of carbonyl (C=O) groups excluding carboxylic acids is 1. The molecule has 0 aliphatic carbocycles. The summed E-state index contributed by atoms with van der Waals surface area (Å²) in [6, 6.07) is 14.0. The van der Waals surface area contributed by atoms with Gasteiger partial charge in [0, 0.05) is 17.0 Å². The molecule has 0 aliphatic heterocycles. The number of hydrogen-bond acceptors (Lipinski definition) is 5. The molecule has 0 aliphatic rings. The zero-order valence-corrected chi connectivity index (χ0v) is 14.7. The average Bonchev–Trinajstić information content (AvgIpc) is 2.65. The molecule has 3 rings (SSSR count). The fourth-order valence-electron chi connectivity index (χ4n) is 2.74. The molecule has 5 heteroatoms. The van der Waals surface area contributed by atoms with Gasteiger partial charge < -0.3 is 19.4 Å². The number of benzene rings is 2. The van der Waals surface area contributed by atoms with Crippen molar-refractivity contribution in [3.8, 4) is 11.3 Å². The summed E-state index contributed by atoms with van der Waals surface area (Å²) in [6.45, 7) is 3.41. The largest absolute Gasteiger partial charge is 0.548 e. The number of carboxylic acids is 1. The fourth-order valence-corrected chi connectivity index (χ4v) is 2.74. The molecular formula is C21H20NO4-. The number of fused-ring (bicyclic) bond motifs is 1. The van der Waals surface area contributed by atoms with Gasteiger partial charge in [-0.1, -0.05) is 42.8 Å². The molecule has 1 heterocycles. The van der Waals surface area contributed by atoms with Crippen molar-refractivity contribution in [2.24, 2.45) is 4.99 Å². The zero-order chi connectivity index (χ0) is 18.7. The van der Waals surface area contributed by atoms with Crippen molar-refractivity contribution in [2.75, 3.05) is 6.61 Å². The quantitative estimate of drug-likeness (QED) is 0.762. The fraction of sp³-hybridized carbons (Fsp3) is 0.238. The SMILES string of the molecule is CCc1ccc2oc(-c3ccc(C)cc3)cc(=NC(CO)C(=O)[O-])c2c1. The Morgan fingerprint density at radius 2 is 1.92 bits per heavy atom. The summed E-state index contributed by atoms with van der Waals surface area (Å²) in [6.07, 6.45) is 0.832. The smallest absolute Gasteiger partial charge is 0.136 e. The summed E-state index contributed by atoms with van der Waals surface area (Å²) in [5.74, 6) is -0.833. The molecule has 0 spiro atoms. The standard InChI is InChI=1S/C21H21NO4/c1-3-14-6-9-19-16(10-14)17(22-18(12-23)21(24)25)11-20(26-19)15-7-4-13(2)5-8-15/h4-11,18,23H,3,12H2,1-2H3,(H,24,25)/p-1. The van der Waals surface area contributed by atoms with Gasteiger partial charge in [0.05, 0.1) is 17.9 Å². The van der Waals surface area contributed by atoms with Gasteiger partial charge in [-0.05, 0) is 31.0 Å². The van der Waals surface area contributed by atoms with Crippen molar-refractivity contribution in [3.63, 3.8) is 0 Å². The summed E-state index contributed by atoms with van der Waals surface area (Å²) >= 11 is 0. The van der Waals surface area contributed by atoms with E-state index in [4.69, 9.17) is 4.42 Å². The highest BCUT2D eigenvalue weighted by molar-refractivity contribution is 5.80. The van der Waals surface area contributed by atoms with E-state index in [1.54, 1.807) is 6.07 Å². The number of hydrogen-bond donors (Lipinski definition) is 1. The van der Waals surface area contributed by atoms with E-state index in [1.807, 2.05) is 56.3 Å². The molecular weight excluding hydrogens is 330 g/mol. The van der Waals surface area contributed by atoms with E-state index in [0.717, 1.165) is 23.1 Å². The van der Waals surface area contributed by atoms with E-state index in [9.17, 15) is 15.0 Å². The first-order chi connectivity index (χ1) is 12.5. The molecule has 1 unspecified atom stereocenters. The summed E-state index contributed by atoms with van der Waals surface area (Å²) < 4.78 is 6.02. The third-order valence-corrected chi connectivity index (χ3v) is 4.29. The van der Waals surface area contributed by atoms with Crippen molar-refractivity contribution < 1.29 is 19.4 Å². The van der Waals surface area contributed by atoms with Crippen molar-refractivity contribution >= 4 is 16.9 Å². The number of aliphatic hydroxyl groups excluding tert-OH is 1. The van der Waals surface area contributed by atoms with Crippen LogP contribution in [0, 0.1) is 6.92 Å². The molecule has 3 aromatic rings. The maximum atomic E-state index is 11.2. The lowest BCUT2D eigenvalue weighted by atomic mass is 10.1. The van der Waals surface area contributed by atoms with E-state index >= 15 is 0 Å². The van der Waals surface area contributed by atoms with Gasteiger partial charge in [-0.15, -0.1) is 0 Å². The predicted molar refractivity (Wildman–Crippen MR) is 97.2 cm³/mol. The second kappa shape index (κ2) is 7.54. The lowest BCUT2D eigenvalue weighted by Crippen LogP contribution is -2.38. The van der Waals surface area contributed by atoms with Crippen molar-refractivity contribution in [3.05, 3.63) is 65.0 Å². The van der Waals surface area contributed by atoms with Crippen LogP contribution in [0.5, 0.6) is 0 Å². The summed E-state index contributed by atoms with van der Waals surface area (Å²) in [7, 11) is 0. The van der Waals surface area contributed by atoms with Gasteiger partial charge >= 0.3 is 0 Å². The van der Waals surface area contributed by atoms with Gasteiger partial charge in [0.2, 0.25) is 0 Å². The van der Waals surface area contributed by atoms with E-state index in [2.05, 4.69) is 4.99 Å². The van der Waals surface area contributed by atoms with Crippen LogP contribution in [0.25, 0.3) is 22.3 Å². The van der Waals surface area contributed by atoms with Crippen LogP contribution in [0.15, 0.2) is 57.9 Å². The molecule has 0 amide bonds. The van der Waals surface area contributed by atoms with E-state index in [0.29, 0.717) is 22.1 Å². The molecule has 1 atom stereocenters. The number of aryl methyl sites for hydroxylation is 2. The highest BCUT2D eigenvalue weighted by atomic mass is 16.4. The molecule has 0 saturated carbocycles. The van der Waals surface area contributed by atoms with Crippen molar-refractivity contribution in [1.29, 1.82) is 0 Å². The number of carboxylic acid groups (broad SMARTS) is 1. The van der Waals surface area contributed by atoms with Gasteiger partial charge in [0.15, 0.2) is 0 Å². The van der Waals surface area contributed by atoms with Crippen LogP contribution in [0.1, 0.15) is 18.1 Å². The molecule has 134 valence electrons. The van der Waals surface area contributed by atoms with Crippen LogP contribution in [-0.2, 0) is 11.2 Å². The molecule has 1 aromatic heterocycles. The minimum Gasteiger partial charge on any atom is -0.548 e. The Hall–Kier alpha value is -2.92. The molecule has 26 heavy (non-hydrogen) atoms. The molecule has 0 fully saturated rings. The van der Waals surface area contributed by atoms with Gasteiger partial charge in [0.1, 0.15) is 17.4 Å². The lowest BCUT2D eigenvalue weighted by Gasteiger charge is -2.11. The molecule has 0 radical (unpaired) electrons. The predicted octanol–water partition coefficient (Wildman–Crippen LogP) is 1.98. The normalized spacial score (nSPS) is 13.1. The number of aliphatic hydroxyl groups is 1. The maximum Gasteiger partial charge on any atom is 0.136 e. The Balaban J connectivity index is 2.28. The first kappa shape index (κ1) is 17.9. The van der Waals surface area contributed by atoms with Crippen LogP contribution in [0.4, 0.5) is 0 Å². The Morgan fingerprint density at radius 3 is 2.54 bits per heavy atom. The summed E-state index contributed by atoms with van der Waals surface area (Å²) in [4.78, 5) is 15.4. The highest BCUT2D eigenvalue weighted by Crippen LogP contribution is 2.23. The van der Waals surface area contributed by atoms with E-state index < -0.39 is 18.6 Å². The molecule has 2 aromatic carbocycles. The topological polar surface area (TPSA) is 85.9 Å². The van der Waals surface area contributed by atoms with Crippen LogP contribution < -0.4 is 10.5 Å². The minimum absolute atomic E-state index is 0.459. The van der Waals surface area contributed by atoms with Crippen molar-refractivity contribution in [2.45, 2.75) is 26.3 Å². The zero-order valence-electron chi connectivity index (χ0n) is 14.7. The number of nitrogens with zero attached hydrogens (tertiary/aromatic N) is 1. The monoisotopic (exact) mass is 350 g/mol. The molecule has 0 bridgehead atoms. The third-order valence-electron chi connectivity index (χ3n) is 4.29. The first-order valence-electron chi connectivity index (χ1n) is 8.51. The van der Waals surface area contributed by atoms with E-state index in [-0.39, 0.29) is 0 Å². The Morgan fingerprint density at radius 1 is 1.19 bits per heavy atom. The lowest BCUT2D eigenvalue weighted by molar-refractivity contribution is -0.308. The Labute approximate surface area is 151 Å². The van der Waals surface area contributed by atoms with Crippen LogP contribution >= 0.6 is 0 Å². The van der Waals surface area contributed by atoms with Crippen LogP contribution in [0.3, 0.4) is 0 Å². The van der Waals surface area contributed by atoms with Crippen LogP contribution in [-0.4, -0.2) is 23.7 Å². The second-order valence-electron chi connectivity index (χ2n) is 6.19. The van der Waals surface area contributed by atoms with Gasteiger partial charge in [-0.3, -0.25) is 4.99 Å². The molecule has 0 saturated heterocycles. The Kier molecular flexibility index (Phi) is 5.19. The maximum absolute atomic E-state index is 11.2. The highest BCUT2D eigenvalue weighted by Gasteiger charge is 2.10. The van der Waals surface area contributed by atoms with Crippen LogP contribution in [0.2, 0.25) is 0 Å². The Bertz CT molecular complexity index is 1000. The van der Waals surface area contributed by atoms with Gasteiger partial charge in [-0.25, -0.2) is 0 Å². The van der Waals surface area contributed by atoms with Crippen molar-refractivity contribution in [1.82, 2.24) is 0 Å². The third kappa shape index (κ3) is 3.68. The number of aliphatic carboxylic acids is 1.